The zero-order valence-corrected chi connectivity index (χ0v) is 19.8. The second kappa shape index (κ2) is 9.25. The molecule has 3 aliphatic heterocycles. The van der Waals surface area contributed by atoms with Gasteiger partial charge < -0.3 is 10.2 Å². The van der Waals surface area contributed by atoms with Crippen LogP contribution in [0.5, 0.6) is 0 Å². The molecule has 9 heteroatoms. The van der Waals surface area contributed by atoms with Crippen LogP contribution in [0.2, 0.25) is 5.02 Å². The highest BCUT2D eigenvalue weighted by Crippen LogP contribution is 2.41. The number of piperazine rings is 1. The summed E-state index contributed by atoms with van der Waals surface area (Å²) in [4.78, 5) is 17.6. The Balaban J connectivity index is 1.19. The average Bonchev–Trinajstić information content (AvgIpc) is 3.03. The topological polar surface area (TPSA) is 73.0 Å². The maximum Gasteiger partial charge on any atom is 0.226 e. The number of halogens is 1. The number of amides is 1. The van der Waals surface area contributed by atoms with Gasteiger partial charge in [-0.3, -0.25) is 9.69 Å². The number of hydrogen-bond donors (Lipinski definition) is 1. The molecule has 1 unspecified atom stereocenters. The number of nitrogens with zero attached hydrogens (tertiary/aromatic N) is 3. The largest absolute Gasteiger partial charge is 0.369 e. The SMILES string of the molecule is CS(=O)(=O)N1CCC2(CC1)CC(CCCN1CCN(c3cccc(Cl)c3)CC1)NC2=O. The summed E-state index contributed by atoms with van der Waals surface area (Å²) in [7, 11) is -3.17. The first-order valence-electron chi connectivity index (χ1n) is 11.2. The van der Waals surface area contributed by atoms with Gasteiger partial charge in [-0.25, -0.2) is 12.7 Å². The smallest absolute Gasteiger partial charge is 0.226 e. The summed E-state index contributed by atoms with van der Waals surface area (Å²) in [5, 5.41) is 3.97. The van der Waals surface area contributed by atoms with Gasteiger partial charge in [0.25, 0.3) is 0 Å². The molecule has 0 aliphatic carbocycles. The van der Waals surface area contributed by atoms with E-state index in [2.05, 4.69) is 21.2 Å². The normalized spacial score (nSPS) is 25.2. The summed E-state index contributed by atoms with van der Waals surface area (Å²) in [6.45, 7) is 6.03. The van der Waals surface area contributed by atoms with Crippen LogP contribution in [0.3, 0.4) is 0 Å². The van der Waals surface area contributed by atoms with E-state index in [1.165, 1.54) is 16.2 Å². The first kappa shape index (κ1) is 22.8. The van der Waals surface area contributed by atoms with Gasteiger partial charge in [0.15, 0.2) is 0 Å². The van der Waals surface area contributed by atoms with Gasteiger partial charge in [0, 0.05) is 56.0 Å². The lowest BCUT2D eigenvalue weighted by atomic mass is 9.76. The lowest BCUT2D eigenvalue weighted by Gasteiger charge is -2.36. The van der Waals surface area contributed by atoms with Crippen molar-refractivity contribution in [3.63, 3.8) is 0 Å². The van der Waals surface area contributed by atoms with Gasteiger partial charge in [-0.2, -0.15) is 0 Å². The minimum Gasteiger partial charge on any atom is -0.369 e. The highest BCUT2D eigenvalue weighted by molar-refractivity contribution is 7.88. The molecule has 0 bridgehead atoms. The monoisotopic (exact) mass is 468 g/mol. The summed E-state index contributed by atoms with van der Waals surface area (Å²) >= 11 is 6.12. The van der Waals surface area contributed by atoms with Crippen LogP contribution in [0.15, 0.2) is 24.3 Å². The molecule has 3 fully saturated rings. The average molecular weight is 469 g/mol. The first-order chi connectivity index (χ1) is 14.7. The van der Waals surface area contributed by atoms with Gasteiger partial charge in [-0.1, -0.05) is 17.7 Å². The maximum absolute atomic E-state index is 12.7. The molecule has 31 heavy (non-hydrogen) atoms. The van der Waals surface area contributed by atoms with Gasteiger partial charge in [-0.05, 0) is 56.8 Å². The van der Waals surface area contributed by atoms with Gasteiger partial charge in [-0.15, -0.1) is 0 Å². The number of rotatable bonds is 6. The van der Waals surface area contributed by atoms with Crippen molar-refractivity contribution in [2.24, 2.45) is 5.41 Å². The molecule has 0 saturated carbocycles. The van der Waals surface area contributed by atoms with Crippen LogP contribution in [0.25, 0.3) is 0 Å². The molecule has 3 heterocycles. The summed E-state index contributed by atoms with van der Waals surface area (Å²) in [6.07, 6.45) is 5.40. The summed E-state index contributed by atoms with van der Waals surface area (Å²) in [6, 6.07) is 8.25. The zero-order valence-electron chi connectivity index (χ0n) is 18.2. The van der Waals surface area contributed by atoms with E-state index < -0.39 is 10.0 Å². The van der Waals surface area contributed by atoms with Crippen LogP contribution in [0.1, 0.15) is 32.1 Å². The number of piperidine rings is 1. The fraction of sp³-hybridized carbons (Fsp3) is 0.682. The van der Waals surface area contributed by atoms with E-state index in [0.29, 0.717) is 25.9 Å². The van der Waals surface area contributed by atoms with E-state index in [1.807, 2.05) is 18.2 Å². The van der Waals surface area contributed by atoms with Crippen molar-refractivity contribution in [3.05, 3.63) is 29.3 Å². The Bertz CT molecular complexity index is 894. The van der Waals surface area contributed by atoms with Crippen molar-refractivity contribution in [2.45, 2.75) is 38.1 Å². The van der Waals surface area contributed by atoms with E-state index in [0.717, 1.165) is 57.0 Å². The fourth-order valence-electron chi connectivity index (χ4n) is 5.27. The minimum absolute atomic E-state index is 0.126. The Morgan fingerprint density at radius 2 is 1.84 bits per heavy atom. The Kier molecular flexibility index (Phi) is 6.82. The molecule has 0 radical (unpaired) electrons. The third-order valence-corrected chi connectivity index (χ3v) is 8.71. The van der Waals surface area contributed by atoms with Crippen LogP contribution in [0, 0.1) is 5.41 Å². The number of sulfonamides is 1. The van der Waals surface area contributed by atoms with E-state index >= 15 is 0 Å². The molecule has 1 N–H and O–H groups in total. The van der Waals surface area contributed by atoms with Crippen molar-refractivity contribution in [2.75, 3.05) is 57.0 Å². The van der Waals surface area contributed by atoms with Crippen molar-refractivity contribution in [3.8, 4) is 0 Å². The van der Waals surface area contributed by atoms with Crippen LogP contribution in [-0.2, 0) is 14.8 Å². The molecule has 1 aromatic rings. The highest BCUT2D eigenvalue weighted by Gasteiger charge is 2.48. The molecule has 3 aliphatic rings. The quantitative estimate of drug-likeness (QED) is 0.692. The summed E-state index contributed by atoms with van der Waals surface area (Å²) in [5.74, 6) is 0.126. The third kappa shape index (κ3) is 5.35. The van der Waals surface area contributed by atoms with Crippen LogP contribution < -0.4 is 10.2 Å². The summed E-state index contributed by atoms with van der Waals surface area (Å²) in [5.41, 5.74) is 0.821. The molecule has 1 amide bonds. The lowest BCUT2D eigenvalue weighted by Crippen LogP contribution is -2.46. The van der Waals surface area contributed by atoms with Crippen molar-refractivity contribution in [1.29, 1.82) is 0 Å². The Hall–Kier alpha value is -1.35. The molecule has 7 nitrogen and oxygen atoms in total. The van der Waals surface area contributed by atoms with Crippen molar-refractivity contribution < 1.29 is 13.2 Å². The van der Waals surface area contributed by atoms with Gasteiger partial charge in [0.1, 0.15) is 0 Å². The number of nitrogens with one attached hydrogen (secondary N) is 1. The Morgan fingerprint density at radius 1 is 1.13 bits per heavy atom. The molecule has 4 rings (SSSR count). The predicted octanol–water partition coefficient (Wildman–Crippen LogP) is 2.17. The van der Waals surface area contributed by atoms with E-state index in [-0.39, 0.29) is 17.4 Å². The minimum atomic E-state index is -3.17. The van der Waals surface area contributed by atoms with Crippen LogP contribution in [-0.4, -0.2) is 81.6 Å². The number of hydrogen-bond acceptors (Lipinski definition) is 5. The molecule has 172 valence electrons. The number of carbonyl (C=O) groups is 1. The molecule has 1 spiro atoms. The van der Waals surface area contributed by atoms with Gasteiger partial charge in [0.2, 0.25) is 15.9 Å². The second-order valence-electron chi connectivity index (χ2n) is 9.27. The number of anilines is 1. The lowest BCUT2D eigenvalue weighted by molar-refractivity contribution is -0.129. The molecular weight excluding hydrogens is 436 g/mol. The Labute approximate surface area is 190 Å². The van der Waals surface area contributed by atoms with E-state index in [1.54, 1.807) is 0 Å². The summed E-state index contributed by atoms with van der Waals surface area (Å²) < 4.78 is 25.0. The molecule has 3 saturated heterocycles. The molecule has 1 aromatic carbocycles. The van der Waals surface area contributed by atoms with E-state index in [4.69, 9.17) is 11.6 Å². The molecular formula is C22H33ClN4O3S. The van der Waals surface area contributed by atoms with Crippen LogP contribution in [0.4, 0.5) is 5.69 Å². The highest BCUT2D eigenvalue weighted by atomic mass is 35.5. The van der Waals surface area contributed by atoms with Crippen LogP contribution >= 0.6 is 11.6 Å². The predicted molar refractivity (Wildman–Crippen MR) is 124 cm³/mol. The maximum atomic E-state index is 12.7. The third-order valence-electron chi connectivity index (χ3n) is 7.18. The molecule has 0 aromatic heterocycles. The van der Waals surface area contributed by atoms with Gasteiger partial charge >= 0.3 is 0 Å². The molecule has 1 atom stereocenters. The van der Waals surface area contributed by atoms with E-state index in [9.17, 15) is 13.2 Å². The van der Waals surface area contributed by atoms with Gasteiger partial charge in [0.05, 0.1) is 11.7 Å². The second-order valence-corrected chi connectivity index (χ2v) is 11.7. The zero-order chi connectivity index (χ0) is 22.1. The van der Waals surface area contributed by atoms with Crippen molar-refractivity contribution in [1.82, 2.24) is 14.5 Å². The number of benzene rings is 1. The van der Waals surface area contributed by atoms with Crippen molar-refractivity contribution >= 4 is 33.2 Å². The first-order valence-corrected chi connectivity index (χ1v) is 13.5. The Morgan fingerprint density at radius 3 is 2.48 bits per heavy atom. The fourth-order valence-corrected chi connectivity index (χ4v) is 6.30. The standard InChI is InChI=1S/C22H33ClN4O3S/c1-31(29,30)27-10-7-22(8-11-27)17-19(24-21(22)28)5-3-9-25-12-14-26(15-13-25)20-6-2-4-18(23)16-20/h2,4,6,16,19H,3,5,7-15,17H2,1H3,(H,24,28). The number of carbonyl (C=O) groups excluding carboxylic acids is 1.